The van der Waals surface area contributed by atoms with Crippen molar-refractivity contribution in [3.05, 3.63) is 29.1 Å². The smallest absolute Gasteiger partial charge is 0.189 e. The molecule has 2 heterocycles. The van der Waals surface area contributed by atoms with Gasteiger partial charge in [0.05, 0.1) is 0 Å². The number of hydrogen-bond donors (Lipinski definition) is 1. The second kappa shape index (κ2) is 2.48. The number of rotatable bonds is 0. The maximum atomic E-state index is 5.58. The maximum Gasteiger partial charge on any atom is 0.189 e. The van der Waals surface area contributed by atoms with Gasteiger partial charge in [0.2, 0.25) is 0 Å². The Balaban J connectivity index is 2.58. The molecule has 4 nitrogen and oxygen atoms in total. The van der Waals surface area contributed by atoms with Crippen LogP contribution in [0.5, 0.6) is 0 Å². The summed E-state index contributed by atoms with van der Waals surface area (Å²) in [4.78, 5) is 9.13. The first-order chi connectivity index (χ1) is 5.77. The minimum atomic E-state index is 0.361. The zero-order valence-corrected chi connectivity index (χ0v) is 6.74. The summed E-state index contributed by atoms with van der Waals surface area (Å²) in [5, 5.41) is 3.64. The van der Waals surface area contributed by atoms with E-state index in [4.69, 9.17) is 10.6 Å². The topological polar surface area (TPSA) is 60.5 Å². The SMILES string of the molecule is Cc1ccc2c(n1)C(N)=NOC2. The zero-order valence-electron chi connectivity index (χ0n) is 6.74. The number of aryl methyl sites for hydroxylation is 1. The van der Waals surface area contributed by atoms with Crippen molar-refractivity contribution in [2.24, 2.45) is 10.9 Å². The average Bonchev–Trinajstić information content (AvgIpc) is 2.07. The highest BCUT2D eigenvalue weighted by molar-refractivity contribution is 5.97. The van der Waals surface area contributed by atoms with Crippen LogP contribution in [0.25, 0.3) is 0 Å². The lowest BCUT2D eigenvalue weighted by atomic mass is 10.1. The lowest BCUT2D eigenvalue weighted by Gasteiger charge is -2.12. The van der Waals surface area contributed by atoms with E-state index in [1.165, 1.54) is 0 Å². The van der Waals surface area contributed by atoms with Gasteiger partial charge in [-0.2, -0.15) is 0 Å². The lowest BCUT2D eigenvalue weighted by Crippen LogP contribution is -2.22. The minimum absolute atomic E-state index is 0.361. The number of nitrogens with two attached hydrogens (primary N) is 1. The van der Waals surface area contributed by atoms with Gasteiger partial charge in [0.1, 0.15) is 12.3 Å². The molecular formula is C8H9N3O. The van der Waals surface area contributed by atoms with Crippen LogP contribution in [0.3, 0.4) is 0 Å². The van der Waals surface area contributed by atoms with Gasteiger partial charge < -0.3 is 10.6 Å². The summed E-state index contributed by atoms with van der Waals surface area (Å²) in [6.07, 6.45) is 0. The van der Waals surface area contributed by atoms with Crippen LogP contribution in [-0.2, 0) is 11.4 Å². The molecule has 1 aromatic rings. The Morgan fingerprint density at radius 2 is 2.33 bits per heavy atom. The largest absolute Gasteiger partial charge is 0.389 e. The molecule has 0 bridgehead atoms. The third kappa shape index (κ3) is 1.01. The predicted molar refractivity (Wildman–Crippen MR) is 44.5 cm³/mol. The second-order valence-corrected chi connectivity index (χ2v) is 2.71. The van der Waals surface area contributed by atoms with Crippen LogP contribution in [-0.4, -0.2) is 10.8 Å². The fraction of sp³-hybridized carbons (Fsp3) is 0.250. The van der Waals surface area contributed by atoms with E-state index in [1.807, 2.05) is 19.1 Å². The summed E-state index contributed by atoms with van der Waals surface area (Å²) in [6.45, 7) is 2.38. The number of amidine groups is 1. The Morgan fingerprint density at radius 1 is 1.50 bits per heavy atom. The van der Waals surface area contributed by atoms with Gasteiger partial charge in [-0.15, -0.1) is 0 Å². The summed E-state index contributed by atoms with van der Waals surface area (Å²) in [6, 6.07) is 3.89. The molecule has 0 atom stereocenters. The van der Waals surface area contributed by atoms with E-state index in [2.05, 4.69) is 10.1 Å². The van der Waals surface area contributed by atoms with E-state index in [0.717, 1.165) is 17.0 Å². The maximum absolute atomic E-state index is 5.58. The molecule has 0 aliphatic carbocycles. The van der Waals surface area contributed by atoms with Gasteiger partial charge in [-0.1, -0.05) is 11.2 Å². The van der Waals surface area contributed by atoms with E-state index in [1.54, 1.807) is 0 Å². The van der Waals surface area contributed by atoms with Gasteiger partial charge in [0, 0.05) is 11.3 Å². The van der Waals surface area contributed by atoms with E-state index in [0.29, 0.717) is 12.4 Å². The van der Waals surface area contributed by atoms with Crippen molar-refractivity contribution in [2.45, 2.75) is 13.5 Å². The number of oxime groups is 1. The molecule has 0 radical (unpaired) electrons. The van der Waals surface area contributed by atoms with E-state index >= 15 is 0 Å². The number of nitrogens with zero attached hydrogens (tertiary/aromatic N) is 2. The number of fused-ring (bicyclic) bond motifs is 1. The summed E-state index contributed by atoms with van der Waals surface area (Å²) in [7, 11) is 0. The molecule has 1 aromatic heterocycles. The molecule has 1 aliphatic heterocycles. The first-order valence-corrected chi connectivity index (χ1v) is 3.69. The van der Waals surface area contributed by atoms with Crippen molar-refractivity contribution < 1.29 is 4.84 Å². The van der Waals surface area contributed by atoms with Gasteiger partial charge in [-0.05, 0) is 13.0 Å². The molecule has 0 saturated heterocycles. The molecule has 12 heavy (non-hydrogen) atoms. The Hall–Kier alpha value is -1.58. The Morgan fingerprint density at radius 3 is 3.17 bits per heavy atom. The van der Waals surface area contributed by atoms with Crippen LogP contribution >= 0.6 is 0 Å². The fourth-order valence-electron chi connectivity index (χ4n) is 1.14. The Labute approximate surface area is 70.0 Å². The molecule has 0 spiro atoms. The zero-order chi connectivity index (χ0) is 8.55. The molecule has 62 valence electrons. The number of aromatic nitrogens is 1. The normalized spacial score (nSPS) is 14.6. The predicted octanol–water partition coefficient (Wildman–Crippen LogP) is 0.541. The number of pyridine rings is 1. The molecule has 0 unspecified atom stereocenters. The monoisotopic (exact) mass is 163 g/mol. The summed E-state index contributed by atoms with van der Waals surface area (Å²) in [5.74, 6) is 0.361. The van der Waals surface area contributed by atoms with Crippen molar-refractivity contribution in [1.29, 1.82) is 0 Å². The lowest BCUT2D eigenvalue weighted by molar-refractivity contribution is 0.125. The van der Waals surface area contributed by atoms with Crippen LogP contribution in [0.2, 0.25) is 0 Å². The van der Waals surface area contributed by atoms with Crippen molar-refractivity contribution in [2.75, 3.05) is 0 Å². The fourth-order valence-corrected chi connectivity index (χ4v) is 1.14. The molecule has 0 amide bonds. The molecule has 0 saturated carbocycles. The number of hydrogen-bond acceptors (Lipinski definition) is 4. The van der Waals surface area contributed by atoms with Gasteiger partial charge >= 0.3 is 0 Å². The van der Waals surface area contributed by atoms with E-state index < -0.39 is 0 Å². The highest BCUT2D eigenvalue weighted by atomic mass is 16.6. The third-order valence-corrected chi connectivity index (χ3v) is 1.74. The molecule has 0 fully saturated rings. The standard InChI is InChI=1S/C8H9N3O/c1-5-2-3-6-4-12-11-8(9)7(6)10-5/h2-3H,4H2,1H3,(H2,9,11). The van der Waals surface area contributed by atoms with E-state index in [9.17, 15) is 0 Å². The molecule has 2 N–H and O–H groups in total. The van der Waals surface area contributed by atoms with Crippen molar-refractivity contribution in [3.63, 3.8) is 0 Å². The van der Waals surface area contributed by atoms with Crippen LogP contribution in [0.15, 0.2) is 17.3 Å². The van der Waals surface area contributed by atoms with Gasteiger partial charge in [-0.25, -0.2) is 4.98 Å². The average molecular weight is 163 g/mol. The molecule has 0 aromatic carbocycles. The Kier molecular flexibility index (Phi) is 1.46. The highest BCUT2D eigenvalue weighted by Crippen LogP contribution is 2.13. The van der Waals surface area contributed by atoms with E-state index in [-0.39, 0.29) is 0 Å². The van der Waals surface area contributed by atoms with Crippen LogP contribution in [0.1, 0.15) is 17.0 Å². The van der Waals surface area contributed by atoms with Gasteiger partial charge in [0.25, 0.3) is 0 Å². The summed E-state index contributed by atoms with van der Waals surface area (Å²) < 4.78 is 0. The summed E-state index contributed by atoms with van der Waals surface area (Å²) in [5.41, 5.74) is 8.26. The Bertz CT molecular complexity index is 346. The third-order valence-electron chi connectivity index (χ3n) is 1.74. The molecular weight excluding hydrogens is 154 g/mol. The summed E-state index contributed by atoms with van der Waals surface area (Å²) >= 11 is 0. The molecule has 4 heteroatoms. The molecule has 2 rings (SSSR count). The van der Waals surface area contributed by atoms with Gasteiger partial charge in [0.15, 0.2) is 5.84 Å². The minimum Gasteiger partial charge on any atom is -0.389 e. The first-order valence-electron chi connectivity index (χ1n) is 3.69. The quantitative estimate of drug-likeness (QED) is 0.607. The first kappa shape index (κ1) is 7.09. The van der Waals surface area contributed by atoms with Crippen LogP contribution in [0, 0.1) is 6.92 Å². The van der Waals surface area contributed by atoms with Crippen molar-refractivity contribution in [1.82, 2.24) is 4.98 Å². The van der Waals surface area contributed by atoms with Gasteiger partial charge in [-0.3, -0.25) is 0 Å². The second-order valence-electron chi connectivity index (χ2n) is 2.71. The van der Waals surface area contributed by atoms with Crippen LogP contribution in [0.4, 0.5) is 0 Å². The highest BCUT2D eigenvalue weighted by Gasteiger charge is 2.13. The van der Waals surface area contributed by atoms with Crippen molar-refractivity contribution in [3.8, 4) is 0 Å². The van der Waals surface area contributed by atoms with Crippen LogP contribution < -0.4 is 5.73 Å². The molecule has 1 aliphatic rings. The van der Waals surface area contributed by atoms with Crippen molar-refractivity contribution >= 4 is 5.84 Å².